The molecule has 0 spiro atoms. The molecular formula is C11H14F3NO. The highest BCUT2D eigenvalue weighted by Crippen LogP contribution is 2.21. The molecule has 0 saturated carbocycles. The molecule has 0 amide bonds. The average Bonchev–Trinajstić information content (AvgIpc) is 2.25. The molecule has 0 radical (unpaired) electrons. The Hall–Kier alpha value is -1.26. The minimum atomic E-state index is -4.33. The minimum Gasteiger partial charge on any atom is -0.468 e. The molecule has 2 nitrogen and oxygen atoms in total. The number of halogens is 3. The number of hydrogen-bond acceptors (Lipinski definition) is 2. The summed E-state index contributed by atoms with van der Waals surface area (Å²) in [6.45, 7) is 2.66. The van der Waals surface area contributed by atoms with E-state index in [1.807, 2.05) is 13.8 Å². The predicted molar refractivity (Wildman–Crippen MR) is 54.5 cm³/mol. The summed E-state index contributed by atoms with van der Waals surface area (Å²) in [6, 6.07) is 4.87. The third-order valence-corrected chi connectivity index (χ3v) is 2.25. The minimum absolute atomic E-state index is 0.0233. The summed E-state index contributed by atoms with van der Waals surface area (Å²) < 4.78 is 40.3. The molecule has 0 aliphatic carbocycles. The van der Waals surface area contributed by atoms with Crippen molar-refractivity contribution in [3.8, 4) is 5.88 Å². The molecule has 0 aliphatic rings. The highest BCUT2D eigenvalue weighted by Gasteiger charge is 2.28. The van der Waals surface area contributed by atoms with Crippen molar-refractivity contribution in [1.29, 1.82) is 0 Å². The van der Waals surface area contributed by atoms with E-state index in [1.165, 1.54) is 6.07 Å². The zero-order chi connectivity index (χ0) is 12.2. The third-order valence-electron chi connectivity index (χ3n) is 2.25. The zero-order valence-electron chi connectivity index (χ0n) is 9.21. The van der Waals surface area contributed by atoms with Crippen LogP contribution in [0.3, 0.4) is 0 Å². The van der Waals surface area contributed by atoms with E-state index in [-0.39, 0.29) is 11.8 Å². The second-order valence-corrected chi connectivity index (χ2v) is 3.61. The van der Waals surface area contributed by atoms with Crippen LogP contribution in [0.4, 0.5) is 13.2 Å². The van der Waals surface area contributed by atoms with Crippen LogP contribution < -0.4 is 4.74 Å². The number of ether oxygens (including phenoxy) is 1. The summed E-state index contributed by atoms with van der Waals surface area (Å²) in [5.41, 5.74) is 0.752. The number of pyridine rings is 1. The lowest BCUT2D eigenvalue weighted by molar-refractivity contribution is -0.154. The van der Waals surface area contributed by atoms with Crippen molar-refractivity contribution in [3.05, 3.63) is 23.9 Å². The normalized spacial score (nSPS) is 13.6. The van der Waals surface area contributed by atoms with Gasteiger partial charge in [0, 0.05) is 11.8 Å². The first-order chi connectivity index (χ1) is 7.42. The maximum atomic E-state index is 11.9. The van der Waals surface area contributed by atoms with E-state index >= 15 is 0 Å². The summed E-state index contributed by atoms with van der Waals surface area (Å²) in [6.07, 6.45) is -3.44. The average molecular weight is 233 g/mol. The van der Waals surface area contributed by atoms with Crippen LogP contribution in [0.15, 0.2) is 18.2 Å². The lowest BCUT2D eigenvalue weighted by Gasteiger charge is -2.11. The fraction of sp³-hybridized carbons (Fsp3) is 0.545. The topological polar surface area (TPSA) is 22.1 Å². The molecule has 0 N–H and O–H groups in total. The van der Waals surface area contributed by atoms with Gasteiger partial charge in [0.25, 0.3) is 0 Å². The second kappa shape index (κ2) is 5.18. The van der Waals surface area contributed by atoms with Crippen LogP contribution in [0.1, 0.15) is 31.9 Å². The largest absolute Gasteiger partial charge is 0.468 e. The third kappa shape index (κ3) is 4.08. The molecule has 90 valence electrons. The van der Waals surface area contributed by atoms with E-state index in [9.17, 15) is 13.2 Å². The van der Waals surface area contributed by atoms with Crippen molar-refractivity contribution >= 4 is 0 Å². The molecule has 0 aliphatic heterocycles. The number of rotatable bonds is 4. The van der Waals surface area contributed by atoms with Gasteiger partial charge in [-0.15, -0.1) is 0 Å². The number of alkyl halides is 3. The molecule has 1 heterocycles. The van der Waals surface area contributed by atoms with Gasteiger partial charge in [0.05, 0.1) is 0 Å². The Balaban J connectivity index is 2.68. The van der Waals surface area contributed by atoms with Gasteiger partial charge in [-0.3, -0.25) is 0 Å². The maximum absolute atomic E-state index is 11.9. The molecule has 0 fully saturated rings. The van der Waals surface area contributed by atoms with Crippen LogP contribution in [0.5, 0.6) is 5.88 Å². The van der Waals surface area contributed by atoms with Gasteiger partial charge in [0.2, 0.25) is 5.88 Å². The molecule has 0 bridgehead atoms. The predicted octanol–water partition coefficient (Wildman–Crippen LogP) is 3.54. The van der Waals surface area contributed by atoms with E-state index in [0.717, 1.165) is 12.1 Å². The van der Waals surface area contributed by atoms with Gasteiger partial charge in [0.15, 0.2) is 6.61 Å². The first-order valence-electron chi connectivity index (χ1n) is 5.09. The molecule has 0 aromatic carbocycles. The van der Waals surface area contributed by atoms with Crippen LogP contribution in [0.25, 0.3) is 0 Å². The zero-order valence-corrected chi connectivity index (χ0v) is 9.21. The fourth-order valence-corrected chi connectivity index (χ4v) is 1.15. The Morgan fingerprint density at radius 1 is 1.38 bits per heavy atom. The van der Waals surface area contributed by atoms with Crippen molar-refractivity contribution in [2.75, 3.05) is 6.61 Å². The quantitative estimate of drug-likeness (QED) is 0.793. The van der Waals surface area contributed by atoms with Crippen LogP contribution in [-0.4, -0.2) is 17.8 Å². The van der Waals surface area contributed by atoms with Crippen molar-refractivity contribution < 1.29 is 17.9 Å². The molecule has 1 rings (SSSR count). The highest BCUT2D eigenvalue weighted by atomic mass is 19.4. The summed E-state index contributed by atoms with van der Waals surface area (Å²) in [5.74, 6) is 0.240. The second-order valence-electron chi connectivity index (χ2n) is 3.61. The van der Waals surface area contributed by atoms with Crippen LogP contribution in [0, 0.1) is 0 Å². The van der Waals surface area contributed by atoms with Crippen LogP contribution in [-0.2, 0) is 0 Å². The monoisotopic (exact) mass is 233 g/mol. The van der Waals surface area contributed by atoms with E-state index in [2.05, 4.69) is 9.72 Å². The van der Waals surface area contributed by atoms with E-state index in [1.54, 1.807) is 12.1 Å². The summed E-state index contributed by atoms with van der Waals surface area (Å²) in [5, 5.41) is 0. The smallest absolute Gasteiger partial charge is 0.422 e. The Labute approximate surface area is 92.5 Å². The van der Waals surface area contributed by atoms with Crippen molar-refractivity contribution in [2.24, 2.45) is 0 Å². The first kappa shape index (κ1) is 12.8. The van der Waals surface area contributed by atoms with Crippen LogP contribution in [0.2, 0.25) is 0 Å². The Bertz CT molecular complexity index is 338. The van der Waals surface area contributed by atoms with E-state index in [4.69, 9.17) is 0 Å². The van der Waals surface area contributed by atoms with Gasteiger partial charge in [-0.25, -0.2) is 4.98 Å². The molecule has 1 unspecified atom stereocenters. The standard InChI is InChI=1S/C11H14F3NO/c1-3-8(2)9-5-4-6-10(15-9)16-7-11(12,13)14/h4-6,8H,3,7H2,1-2H3. The van der Waals surface area contributed by atoms with Gasteiger partial charge < -0.3 is 4.74 Å². The summed E-state index contributed by atoms with van der Waals surface area (Å²) in [4.78, 5) is 4.02. The van der Waals surface area contributed by atoms with Gasteiger partial charge in [-0.05, 0) is 18.4 Å². The van der Waals surface area contributed by atoms with Gasteiger partial charge in [0.1, 0.15) is 0 Å². The summed E-state index contributed by atoms with van der Waals surface area (Å²) >= 11 is 0. The molecule has 16 heavy (non-hydrogen) atoms. The lowest BCUT2D eigenvalue weighted by atomic mass is 10.0. The van der Waals surface area contributed by atoms with Crippen LogP contribution >= 0.6 is 0 Å². The highest BCUT2D eigenvalue weighted by molar-refractivity contribution is 5.18. The van der Waals surface area contributed by atoms with E-state index < -0.39 is 12.8 Å². The number of aromatic nitrogens is 1. The molecule has 5 heteroatoms. The molecule has 0 saturated heterocycles. The molecule has 1 aromatic rings. The summed E-state index contributed by atoms with van der Waals surface area (Å²) in [7, 11) is 0. The van der Waals surface area contributed by atoms with Crippen molar-refractivity contribution in [1.82, 2.24) is 4.98 Å². The van der Waals surface area contributed by atoms with Gasteiger partial charge in [-0.2, -0.15) is 13.2 Å². The molecule has 1 aromatic heterocycles. The first-order valence-corrected chi connectivity index (χ1v) is 5.09. The SMILES string of the molecule is CCC(C)c1cccc(OCC(F)(F)F)n1. The Morgan fingerprint density at radius 3 is 2.62 bits per heavy atom. The molecular weight excluding hydrogens is 219 g/mol. The van der Waals surface area contributed by atoms with Gasteiger partial charge >= 0.3 is 6.18 Å². The van der Waals surface area contributed by atoms with Crippen molar-refractivity contribution in [2.45, 2.75) is 32.4 Å². The molecule has 1 atom stereocenters. The Morgan fingerprint density at radius 2 is 2.06 bits per heavy atom. The van der Waals surface area contributed by atoms with Gasteiger partial charge in [-0.1, -0.05) is 19.9 Å². The number of nitrogens with zero attached hydrogens (tertiary/aromatic N) is 1. The lowest BCUT2D eigenvalue weighted by Crippen LogP contribution is -2.19. The van der Waals surface area contributed by atoms with E-state index in [0.29, 0.717) is 0 Å². The fourth-order valence-electron chi connectivity index (χ4n) is 1.15. The van der Waals surface area contributed by atoms with Crippen molar-refractivity contribution in [3.63, 3.8) is 0 Å². The Kier molecular flexibility index (Phi) is 4.15. The number of hydrogen-bond donors (Lipinski definition) is 0. The maximum Gasteiger partial charge on any atom is 0.422 e.